The molecule has 1 aliphatic rings. The Morgan fingerprint density at radius 1 is 0.758 bits per heavy atom. The largest absolute Gasteiger partial charge is 0.334 e. The first-order valence-corrected chi connectivity index (χ1v) is 12.6. The zero-order valence-electron chi connectivity index (χ0n) is 18.4. The average molecular weight is 465 g/mol. The summed E-state index contributed by atoms with van der Waals surface area (Å²) in [5.74, 6) is -0.0108. The van der Waals surface area contributed by atoms with Gasteiger partial charge in [-0.25, -0.2) is 5.06 Å². The van der Waals surface area contributed by atoms with Crippen LogP contribution in [0.15, 0.2) is 91.0 Å². The van der Waals surface area contributed by atoms with Gasteiger partial charge in [0.05, 0.1) is 25.4 Å². The van der Waals surface area contributed by atoms with Gasteiger partial charge in [0.1, 0.15) is 6.61 Å². The summed E-state index contributed by atoms with van der Waals surface area (Å²) in [6.45, 7) is 1.05. The molecule has 0 saturated heterocycles. The SMILES string of the molecule is O=CN(C[C@@H]1C[C@H]1P(=O)(OCc1ccccc1)OCc1ccccc1)OCc1ccccc1. The van der Waals surface area contributed by atoms with E-state index in [0.29, 0.717) is 26.0 Å². The number of rotatable bonds is 13. The number of benzene rings is 3. The minimum Gasteiger partial charge on any atom is -0.304 e. The zero-order chi connectivity index (χ0) is 22.9. The lowest BCUT2D eigenvalue weighted by molar-refractivity contribution is -0.178. The molecule has 0 spiro atoms. The fraction of sp³-hybridized carbons (Fsp3) is 0.269. The van der Waals surface area contributed by atoms with Crippen molar-refractivity contribution in [3.8, 4) is 0 Å². The van der Waals surface area contributed by atoms with Gasteiger partial charge in [-0.1, -0.05) is 91.0 Å². The monoisotopic (exact) mass is 465 g/mol. The van der Waals surface area contributed by atoms with Gasteiger partial charge in [-0.2, -0.15) is 0 Å². The van der Waals surface area contributed by atoms with Gasteiger partial charge in [-0.05, 0) is 29.0 Å². The van der Waals surface area contributed by atoms with Crippen LogP contribution >= 0.6 is 7.60 Å². The summed E-state index contributed by atoms with van der Waals surface area (Å²) < 4.78 is 25.6. The number of amides is 1. The molecule has 6 nitrogen and oxygen atoms in total. The molecule has 172 valence electrons. The summed E-state index contributed by atoms with van der Waals surface area (Å²) in [6, 6.07) is 28.9. The molecule has 0 heterocycles. The Labute approximate surface area is 194 Å². The van der Waals surface area contributed by atoms with Gasteiger partial charge in [0.25, 0.3) is 0 Å². The van der Waals surface area contributed by atoms with E-state index in [1.807, 2.05) is 91.0 Å². The number of hydroxylamine groups is 2. The van der Waals surface area contributed by atoms with E-state index < -0.39 is 7.60 Å². The van der Waals surface area contributed by atoms with Crippen LogP contribution in [0.3, 0.4) is 0 Å². The van der Waals surface area contributed by atoms with Gasteiger partial charge >= 0.3 is 7.60 Å². The van der Waals surface area contributed by atoms with E-state index in [2.05, 4.69) is 0 Å². The molecular weight excluding hydrogens is 437 g/mol. The van der Waals surface area contributed by atoms with Gasteiger partial charge in [0.2, 0.25) is 6.41 Å². The van der Waals surface area contributed by atoms with Gasteiger partial charge in [-0.3, -0.25) is 14.2 Å². The molecule has 3 aromatic rings. The average Bonchev–Trinajstić information content (AvgIpc) is 3.66. The van der Waals surface area contributed by atoms with Crippen molar-refractivity contribution in [2.24, 2.45) is 5.92 Å². The molecule has 0 radical (unpaired) electrons. The van der Waals surface area contributed by atoms with E-state index in [0.717, 1.165) is 16.7 Å². The summed E-state index contributed by atoms with van der Waals surface area (Å²) >= 11 is 0. The standard InChI is InChI=1S/C26H28NO5P/c28-21-27(30-18-22-10-4-1-5-11-22)17-25-16-26(25)33(29,31-19-23-12-6-2-7-13-23)32-20-24-14-8-3-9-15-24/h1-15,21,25-26H,16-20H2/t25-,26+/m0/s1. The predicted octanol–water partition coefficient (Wildman–Crippen LogP) is 5.59. The first kappa shape index (κ1) is 23.4. The van der Waals surface area contributed by atoms with E-state index in [1.165, 1.54) is 5.06 Å². The van der Waals surface area contributed by atoms with E-state index in [4.69, 9.17) is 13.9 Å². The second-order valence-electron chi connectivity index (χ2n) is 8.09. The number of carbonyl (C=O) groups is 1. The maximum absolute atomic E-state index is 13.8. The van der Waals surface area contributed by atoms with Crippen LogP contribution in [0.25, 0.3) is 0 Å². The van der Waals surface area contributed by atoms with Crippen LogP contribution in [0.5, 0.6) is 0 Å². The number of hydrogen-bond acceptors (Lipinski definition) is 5. The summed E-state index contributed by atoms with van der Waals surface area (Å²) in [5.41, 5.74) is 2.56. The lowest BCUT2D eigenvalue weighted by Gasteiger charge is -2.21. The van der Waals surface area contributed by atoms with Crippen molar-refractivity contribution in [2.75, 3.05) is 6.54 Å². The van der Waals surface area contributed by atoms with Crippen molar-refractivity contribution < 1.29 is 23.2 Å². The highest BCUT2D eigenvalue weighted by Gasteiger charge is 2.53. The maximum Gasteiger partial charge on any atom is 0.334 e. The fourth-order valence-electron chi connectivity index (χ4n) is 3.61. The molecule has 0 unspecified atom stereocenters. The first-order chi connectivity index (χ1) is 16.2. The predicted molar refractivity (Wildman–Crippen MR) is 126 cm³/mol. The van der Waals surface area contributed by atoms with Crippen molar-refractivity contribution in [1.82, 2.24) is 5.06 Å². The molecule has 1 aliphatic carbocycles. The van der Waals surface area contributed by atoms with Crippen molar-refractivity contribution in [1.29, 1.82) is 0 Å². The highest BCUT2D eigenvalue weighted by atomic mass is 31.2. The lowest BCUT2D eigenvalue weighted by Crippen LogP contribution is -2.25. The van der Waals surface area contributed by atoms with Crippen LogP contribution < -0.4 is 0 Å². The molecular formula is C26H28NO5P. The Balaban J connectivity index is 1.37. The van der Waals surface area contributed by atoms with Crippen LogP contribution in [0.2, 0.25) is 0 Å². The highest BCUT2D eigenvalue weighted by molar-refractivity contribution is 7.55. The zero-order valence-corrected chi connectivity index (χ0v) is 19.3. The summed E-state index contributed by atoms with van der Waals surface area (Å²) in [4.78, 5) is 17.2. The van der Waals surface area contributed by atoms with Gasteiger partial charge < -0.3 is 9.05 Å². The molecule has 0 aliphatic heterocycles. The molecule has 0 N–H and O–H groups in total. The molecule has 0 aromatic heterocycles. The first-order valence-electron chi connectivity index (χ1n) is 11.0. The van der Waals surface area contributed by atoms with Crippen LogP contribution in [-0.2, 0) is 43.1 Å². The van der Waals surface area contributed by atoms with E-state index in [1.54, 1.807) is 0 Å². The molecule has 4 rings (SSSR count). The van der Waals surface area contributed by atoms with Gasteiger partial charge in [0, 0.05) is 0 Å². The Bertz CT molecular complexity index is 1000. The third kappa shape index (κ3) is 6.86. The lowest BCUT2D eigenvalue weighted by atomic mass is 10.2. The van der Waals surface area contributed by atoms with Crippen molar-refractivity contribution >= 4 is 14.0 Å². The smallest absolute Gasteiger partial charge is 0.304 e. The van der Waals surface area contributed by atoms with Crippen molar-refractivity contribution in [3.05, 3.63) is 108 Å². The Morgan fingerprint density at radius 3 is 1.67 bits per heavy atom. The quantitative estimate of drug-likeness (QED) is 0.187. The second kappa shape index (κ2) is 11.4. The summed E-state index contributed by atoms with van der Waals surface area (Å²) in [6.07, 6.45) is 1.32. The third-order valence-electron chi connectivity index (χ3n) is 5.57. The normalized spacial score (nSPS) is 17.5. The topological polar surface area (TPSA) is 65.1 Å². The minimum atomic E-state index is -3.41. The van der Waals surface area contributed by atoms with Crippen LogP contribution in [-0.4, -0.2) is 23.7 Å². The van der Waals surface area contributed by atoms with Gasteiger partial charge in [0.15, 0.2) is 0 Å². The Hall–Kier alpha value is -2.76. The second-order valence-corrected chi connectivity index (χ2v) is 10.3. The minimum absolute atomic E-state index is 0.0108. The van der Waals surface area contributed by atoms with Crippen LogP contribution in [0.1, 0.15) is 23.1 Å². The Kier molecular flexibility index (Phi) is 8.08. The molecule has 3 aromatic carbocycles. The molecule has 0 bridgehead atoms. The summed E-state index contributed by atoms with van der Waals surface area (Å²) in [5, 5.41) is 1.27. The molecule has 2 atom stereocenters. The summed E-state index contributed by atoms with van der Waals surface area (Å²) in [7, 11) is -3.41. The molecule has 1 saturated carbocycles. The molecule has 33 heavy (non-hydrogen) atoms. The molecule has 1 amide bonds. The van der Waals surface area contributed by atoms with Gasteiger partial charge in [-0.15, -0.1) is 0 Å². The number of carbonyl (C=O) groups excluding carboxylic acids is 1. The highest BCUT2D eigenvalue weighted by Crippen LogP contribution is 2.66. The maximum atomic E-state index is 13.8. The third-order valence-corrected chi connectivity index (χ3v) is 7.99. The number of nitrogens with zero attached hydrogens (tertiary/aromatic N) is 1. The van der Waals surface area contributed by atoms with E-state index in [9.17, 15) is 9.36 Å². The number of hydrogen-bond donors (Lipinski definition) is 0. The fourth-order valence-corrected chi connectivity index (χ4v) is 5.87. The Morgan fingerprint density at radius 2 is 1.21 bits per heavy atom. The molecule has 1 fully saturated rings. The van der Waals surface area contributed by atoms with Crippen LogP contribution in [0, 0.1) is 5.92 Å². The molecule has 7 heteroatoms. The van der Waals surface area contributed by atoms with Crippen LogP contribution in [0.4, 0.5) is 0 Å². The van der Waals surface area contributed by atoms with E-state index in [-0.39, 0.29) is 24.8 Å². The van der Waals surface area contributed by atoms with E-state index >= 15 is 0 Å². The van der Waals surface area contributed by atoms with Crippen molar-refractivity contribution in [3.63, 3.8) is 0 Å². The van der Waals surface area contributed by atoms with Crippen molar-refractivity contribution in [2.45, 2.75) is 31.9 Å².